The number of fused-ring (bicyclic) bond motifs is 1. The van der Waals surface area contributed by atoms with Gasteiger partial charge in [0.1, 0.15) is 5.75 Å². The fourth-order valence-electron chi connectivity index (χ4n) is 3.71. The first-order valence-corrected chi connectivity index (χ1v) is 9.26. The Morgan fingerprint density at radius 2 is 1.67 bits per heavy atom. The maximum Gasteiger partial charge on any atom is 0.343 e. The Kier molecular flexibility index (Phi) is 4.63. The van der Waals surface area contributed by atoms with Crippen LogP contribution in [0.3, 0.4) is 0 Å². The molecule has 0 saturated carbocycles. The van der Waals surface area contributed by atoms with Crippen LogP contribution in [0.25, 0.3) is 5.69 Å². The highest BCUT2D eigenvalue weighted by Crippen LogP contribution is 2.30. The Morgan fingerprint density at radius 3 is 2.44 bits per heavy atom. The topological polar surface area (TPSA) is 48.3 Å². The Labute approximate surface area is 158 Å². The van der Waals surface area contributed by atoms with E-state index in [1.165, 1.54) is 6.07 Å². The fourth-order valence-corrected chi connectivity index (χ4v) is 3.71. The van der Waals surface area contributed by atoms with Crippen LogP contribution in [0.4, 0.5) is 0 Å². The van der Waals surface area contributed by atoms with Crippen molar-refractivity contribution in [2.75, 3.05) is 0 Å². The number of ether oxygens (including phenoxy) is 1. The van der Waals surface area contributed by atoms with Crippen LogP contribution in [0, 0.1) is 6.92 Å². The number of aryl methyl sites for hydroxylation is 1. The van der Waals surface area contributed by atoms with Gasteiger partial charge in [-0.15, -0.1) is 0 Å². The van der Waals surface area contributed by atoms with Gasteiger partial charge in [0.25, 0.3) is 5.56 Å². The monoisotopic (exact) mass is 359 g/mol. The van der Waals surface area contributed by atoms with Crippen LogP contribution in [0.1, 0.15) is 40.0 Å². The smallest absolute Gasteiger partial charge is 0.343 e. The molecule has 4 rings (SSSR count). The Hall–Kier alpha value is -3.14. The number of para-hydroxylation sites is 1. The van der Waals surface area contributed by atoms with Gasteiger partial charge >= 0.3 is 5.97 Å². The van der Waals surface area contributed by atoms with E-state index in [0.717, 1.165) is 48.2 Å². The number of esters is 1. The van der Waals surface area contributed by atoms with E-state index in [1.807, 2.05) is 55.5 Å². The van der Waals surface area contributed by atoms with E-state index in [1.54, 1.807) is 10.6 Å². The third kappa shape index (κ3) is 3.31. The molecule has 0 spiro atoms. The van der Waals surface area contributed by atoms with Gasteiger partial charge in [-0.25, -0.2) is 4.79 Å². The number of carbonyl (C=O) groups excluding carboxylic acids is 1. The summed E-state index contributed by atoms with van der Waals surface area (Å²) in [4.78, 5) is 25.5. The van der Waals surface area contributed by atoms with E-state index >= 15 is 0 Å². The van der Waals surface area contributed by atoms with Gasteiger partial charge in [0.05, 0.1) is 5.56 Å². The molecule has 0 radical (unpaired) electrons. The van der Waals surface area contributed by atoms with E-state index in [9.17, 15) is 9.59 Å². The minimum absolute atomic E-state index is 0.172. The summed E-state index contributed by atoms with van der Waals surface area (Å²) in [7, 11) is 0. The van der Waals surface area contributed by atoms with Crippen molar-refractivity contribution < 1.29 is 9.53 Å². The van der Waals surface area contributed by atoms with Crippen molar-refractivity contribution in [2.45, 2.75) is 32.6 Å². The molecule has 1 aromatic heterocycles. The van der Waals surface area contributed by atoms with Crippen molar-refractivity contribution in [1.82, 2.24) is 4.57 Å². The molecule has 1 aliphatic rings. The number of hydrogen-bond donors (Lipinski definition) is 0. The van der Waals surface area contributed by atoms with Crippen molar-refractivity contribution in [3.63, 3.8) is 0 Å². The Morgan fingerprint density at radius 1 is 0.963 bits per heavy atom. The average Bonchev–Trinajstić information content (AvgIpc) is 2.69. The minimum atomic E-state index is -0.419. The highest BCUT2D eigenvalue weighted by Gasteiger charge is 2.23. The molecule has 2 aromatic carbocycles. The maximum atomic E-state index is 12.9. The molecule has 136 valence electrons. The minimum Gasteiger partial charge on any atom is -0.422 e. The number of benzene rings is 2. The van der Waals surface area contributed by atoms with Gasteiger partial charge in [0.2, 0.25) is 0 Å². The van der Waals surface area contributed by atoms with E-state index < -0.39 is 5.97 Å². The summed E-state index contributed by atoms with van der Waals surface area (Å²) in [6.07, 6.45) is 3.65. The summed E-state index contributed by atoms with van der Waals surface area (Å²) in [6, 6.07) is 18.4. The third-order valence-electron chi connectivity index (χ3n) is 5.06. The number of rotatable bonds is 3. The number of nitrogens with zero attached hydrogens (tertiary/aromatic N) is 1. The zero-order chi connectivity index (χ0) is 18.8. The Bertz CT molecular complexity index is 1050. The molecule has 4 heteroatoms. The van der Waals surface area contributed by atoms with E-state index in [-0.39, 0.29) is 5.56 Å². The molecule has 0 N–H and O–H groups in total. The predicted molar refractivity (Wildman–Crippen MR) is 105 cm³/mol. The molecule has 0 atom stereocenters. The molecular formula is C23H21NO3. The van der Waals surface area contributed by atoms with Crippen molar-refractivity contribution >= 4 is 5.97 Å². The number of hydrogen-bond acceptors (Lipinski definition) is 3. The summed E-state index contributed by atoms with van der Waals surface area (Å²) in [5.41, 5.74) is 3.97. The van der Waals surface area contributed by atoms with Gasteiger partial charge in [0.15, 0.2) is 0 Å². The normalized spacial score (nSPS) is 13.1. The van der Waals surface area contributed by atoms with Gasteiger partial charge < -0.3 is 4.74 Å². The average molecular weight is 359 g/mol. The second kappa shape index (κ2) is 7.23. The van der Waals surface area contributed by atoms with Crippen LogP contribution < -0.4 is 10.3 Å². The first kappa shape index (κ1) is 17.3. The lowest BCUT2D eigenvalue weighted by Crippen LogP contribution is -2.26. The van der Waals surface area contributed by atoms with Crippen LogP contribution in [-0.4, -0.2) is 10.5 Å². The molecule has 27 heavy (non-hydrogen) atoms. The predicted octanol–water partition coefficient (Wildman–Crippen LogP) is 4.24. The van der Waals surface area contributed by atoms with Crippen LogP contribution in [0.15, 0.2) is 65.5 Å². The van der Waals surface area contributed by atoms with Gasteiger partial charge in [-0.2, -0.15) is 0 Å². The largest absolute Gasteiger partial charge is 0.422 e. The van der Waals surface area contributed by atoms with Crippen molar-refractivity contribution in [3.8, 4) is 11.4 Å². The zero-order valence-electron chi connectivity index (χ0n) is 15.3. The van der Waals surface area contributed by atoms with Crippen LogP contribution >= 0.6 is 0 Å². The standard InChI is InChI=1S/C23H21NO3/c1-16-9-5-6-12-18(16)23(26)27-21-15-22(25)24(17-10-3-2-4-11-17)20-14-8-7-13-19(20)21/h2-6,9-12,15H,7-8,13-14H2,1H3. The molecule has 1 heterocycles. The second-order valence-electron chi connectivity index (χ2n) is 6.85. The van der Waals surface area contributed by atoms with Crippen molar-refractivity contribution in [3.05, 3.63) is 93.4 Å². The van der Waals surface area contributed by atoms with Gasteiger partial charge in [-0.1, -0.05) is 36.4 Å². The summed E-state index contributed by atoms with van der Waals surface area (Å²) < 4.78 is 7.45. The van der Waals surface area contributed by atoms with E-state index in [0.29, 0.717) is 11.3 Å². The lowest BCUT2D eigenvalue weighted by Gasteiger charge is -2.23. The van der Waals surface area contributed by atoms with E-state index in [2.05, 4.69) is 0 Å². The molecule has 0 saturated heterocycles. The first-order valence-electron chi connectivity index (χ1n) is 9.26. The zero-order valence-corrected chi connectivity index (χ0v) is 15.3. The van der Waals surface area contributed by atoms with Crippen molar-refractivity contribution in [2.24, 2.45) is 0 Å². The van der Waals surface area contributed by atoms with Crippen LogP contribution in [0.2, 0.25) is 0 Å². The molecule has 3 aromatic rings. The summed E-state index contributed by atoms with van der Waals surface area (Å²) >= 11 is 0. The van der Waals surface area contributed by atoms with Gasteiger partial charge in [-0.05, 0) is 56.4 Å². The van der Waals surface area contributed by atoms with Crippen molar-refractivity contribution in [1.29, 1.82) is 0 Å². The van der Waals surface area contributed by atoms with Crippen LogP contribution in [-0.2, 0) is 12.8 Å². The lowest BCUT2D eigenvalue weighted by atomic mass is 9.94. The molecular weight excluding hydrogens is 338 g/mol. The highest BCUT2D eigenvalue weighted by molar-refractivity contribution is 5.92. The SMILES string of the molecule is Cc1ccccc1C(=O)Oc1cc(=O)n(-c2ccccc2)c2c1CCCC2. The van der Waals surface area contributed by atoms with Crippen LogP contribution in [0.5, 0.6) is 5.75 Å². The first-order chi connectivity index (χ1) is 13.1. The summed E-state index contributed by atoms with van der Waals surface area (Å²) in [6.45, 7) is 1.87. The molecule has 0 aliphatic heterocycles. The fraction of sp³-hybridized carbons (Fsp3) is 0.217. The van der Waals surface area contributed by atoms with Gasteiger partial charge in [0, 0.05) is 23.0 Å². The Balaban J connectivity index is 1.79. The van der Waals surface area contributed by atoms with Gasteiger partial charge in [-0.3, -0.25) is 9.36 Å². The summed E-state index contributed by atoms with van der Waals surface area (Å²) in [5, 5.41) is 0. The highest BCUT2D eigenvalue weighted by atomic mass is 16.5. The molecule has 1 aliphatic carbocycles. The molecule has 0 bridgehead atoms. The molecule has 0 amide bonds. The molecule has 0 fully saturated rings. The summed E-state index contributed by atoms with van der Waals surface area (Å²) in [5.74, 6) is -0.0205. The molecule has 4 nitrogen and oxygen atoms in total. The third-order valence-corrected chi connectivity index (χ3v) is 5.06. The number of pyridine rings is 1. The quantitative estimate of drug-likeness (QED) is 0.657. The number of aromatic nitrogens is 1. The van der Waals surface area contributed by atoms with E-state index in [4.69, 9.17) is 4.74 Å². The second-order valence-corrected chi connectivity index (χ2v) is 6.85. The number of carbonyl (C=O) groups is 1. The molecule has 0 unspecified atom stereocenters. The maximum absolute atomic E-state index is 12.9. The lowest BCUT2D eigenvalue weighted by molar-refractivity contribution is 0.0731.